The Kier molecular flexibility index (Phi) is 7.27. The van der Waals surface area contributed by atoms with Crippen molar-refractivity contribution in [3.05, 3.63) is 71.1 Å². The summed E-state index contributed by atoms with van der Waals surface area (Å²) < 4.78 is 38.3. The molecule has 0 fully saturated rings. The van der Waals surface area contributed by atoms with Gasteiger partial charge in [-0.05, 0) is 54.3 Å². The van der Waals surface area contributed by atoms with Crippen LogP contribution in [-0.4, -0.2) is 34.3 Å². The Balaban J connectivity index is 1.73. The van der Waals surface area contributed by atoms with E-state index in [1.54, 1.807) is 41.8 Å². The standard InChI is InChI=1S/C21H21N3O5S2/c1-3-29-18-11-10-15(13-19(18)28-2)14-22-23-21(25)16-7-4-5-8-17(16)24-31(26,27)20-9-6-12-30-20/h4-14,24H,3H2,1-2H3,(H,23,25)/b22-14+. The van der Waals surface area contributed by atoms with Crippen LogP contribution in [0, 0.1) is 0 Å². The van der Waals surface area contributed by atoms with Gasteiger partial charge in [0.05, 0.1) is 31.2 Å². The zero-order valence-corrected chi connectivity index (χ0v) is 18.5. The molecule has 162 valence electrons. The molecular formula is C21H21N3O5S2. The van der Waals surface area contributed by atoms with E-state index in [-0.39, 0.29) is 15.5 Å². The molecule has 0 atom stereocenters. The fourth-order valence-corrected chi connectivity index (χ4v) is 4.72. The molecule has 0 unspecified atom stereocenters. The summed E-state index contributed by atoms with van der Waals surface area (Å²) >= 11 is 1.09. The van der Waals surface area contributed by atoms with Gasteiger partial charge in [0.15, 0.2) is 11.5 Å². The lowest BCUT2D eigenvalue weighted by Crippen LogP contribution is -2.21. The number of nitrogens with one attached hydrogen (secondary N) is 2. The maximum absolute atomic E-state index is 12.6. The number of hydrogen-bond donors (Lipinski definition) is 2. The van der Waals surface area contributed by atoms with Crippen LogP contribution in [0.2, 0.25) is 0 Å². The molecular weight excluding hydrogens is 438 g/mol. The first-order valence-electron chi connectivity index (χ1n) is 9.24. The van der Waals surface area contributed by atoms with Gasteiger partial charge in [0.25, 0.3) is 15.9 Å². The van der Waals surface area contributed by atoms with E-state index in [0.717, 1.165) is 11.3 Å². The molecule has 2 aromatic carbocycles. The van der Waals surface area contributed by atoms with Crippen LogP contribution in [0.25, 0.3) is 0 Å². The molecule has 0 aliphatic carbocycles. The number of hydrazone groups is 1. The van der Waals surface area contributed by atoms with Crippen LogP contribution in [0.3, 0.4) is 0 Å². The first kappa shape index (κ1) is 22.3. The first-order chi connectivity index (χ1) is 14.9. The van der Waals surface area contributed by atoms with E-state index in [1.807, 2.05) is 6.92 Å². The number of carbonyl (C=O) groups is 1. The number of methoxy groups -OCH3 is 1. The third-order valence-electron chi connectivity index (χ3n) is 4.04. The van der Waals surface area contributed by atoms with Crippen molar-refractivity contribution in [3.8, 4) is 11.5 Å². The molecule has 0 spiro atoms. The molecule has 1 aromatic heterocycles. The van der Waals surface area contributed by atoms with E-state index < -0.39 is 15.9 Å². The van der Waals surface area contributed by atoms with Gasteiger partial charge in [0.2, 0.25) is 0 Å². The second-order valence-electron chi connectivity index (χ2n) is 6.13. The third-order valence-corrected chi connectivity index (χ3v) is 6.81. The summed E-state index contributed by atoms with van der Waals surface area (Å²) in [5.74, 6) is 0.599. The van der Waals surface area contributed by atoms with Crippen LogP contribution >= 0.6 is 11.3 Å². The van der Waals surface area contributed by atoms with Gasteiger partial charge in [0.1, 0.15) is 4.21 Å². The molecule has 1 amide bonds. The Morgan fingerprint density at radius 3 is 2.65 bits per heavy atom. The van der Waals surface area contributed by atoms with Gasteiger partial charge in [-0.1, -0.05) is 18.2 Å². The van der Waals surface area contributed by atoms with Crippen molar-refractivity contribution in [1.82, 2.24) is 5.43 Å². The molecule has 0 saturated heterocycles. The minimum Gasteiger partial charge on any atom is -0.493 e. The number of para-hydroxylation sites is 1. The third kappa shape index (κ3) is 5.62. The van der Waals surface area contributed by atoms with Crippen LogP contribution in [-0.2, 0) is 10.0 Å². The molecule has 3 rings (SSSR count). The number of anilines is 1. The zero-order chi connectivity index (χ0) is 22.3. The van der Waals surface area contributed by atoms with Gasteiger partial charge >= 0.3 is 0 Å². The van der Waals surface area contributed by atoms with Crippen molar-refractivity contribution in [2.75, 3.05) is 18.4 Å². The molecule has 0 aliphatic rings. The Hall–Kier alpha value is -3.37. The second kappa shape index (κ2) is 10.1. The van der Waals surface area contributed by atoms with Crippen molar-refractivity contribution in [3.63, 3.8) is 0 Å². The molecule has 31 heavy (non-hydrogen) atoms. The Bertz CT molecular complexity index is 1180. The molecule has 2 N–H and O–H groups in total. The van der Waals surface area contributed by atoms with Crippen LogP contribution in [0.15, 0.2) is 69.3 Å². The zero-order valence-electron chi connectivity index (χ0n) is 16.9. The molecule has 0 saturated carbocycles. The van der Waals surface area contributed by atoms with Crippen LogP contribution in [0.4, 0.5) is 5.69 Å². The maximum atomic E-state index is 12.6. The minimum absolute atomic E-state index is 0.143. The van der Waals surface area contributed by atoms with Gasteiger partial charge < -0.3 is 9.47 Å². The summed E-state index contributed by atoms with van der Waals surface area (Å²) in [6.07, 6.45) is 1.45. The van der Waals surface area contributed by atoms with Crippen molar-refractivity contribution in [1.29, 1.82) is 0 Å². The fraction of sp³-hybridized carbons (Fsp3) is 0.143. The number of rotatable bonds is 9. The Labute approximate surface area is 184 Å². The summed E-state index contributed by atoms with van der Waals surface area (Å²) in [6, 6.07) is 14.7. The number of carbonyl (C=O) groups excluding carboxylic acids is 1. The van der Waals surface area contributed by atoms with Gasteiger partial charge in [-0.25, -0.2) is 13.8 Å². The highest BCUT2D eigenvalue weighted by Gasteiger charge is 2.19. The van der Waals surface area contributed by atoms with E-state index in [2.05, 4.69) is 15.2 Å². The molecule has 3 aromatic rings. The number of hydrogen-bond acceptors (Lipinski definition) is 7. The maximum Gasteiger partial charge on any atom is 0.273 e. The SMILES string of the molecule is CCOc1ccc(/C=N/NC(=O)c2ccccc2NS(=O)(=O)c2cccs2)cc1OC. The van der Waals surface area contributed by atoms with E-state index in [1.165, 1.54) is 31.5 Å². The van der Waals surface area contributed by atoms with E-state index in [4.69, 9.17) is 9.47 Å². The number of ether oxygens (including phenoxy) is 2. The van der Waals surface area contributed by atoms with Crippen molar-refractivity contribution in [2.45, 2.75) is 11.1 Å². The lowest BCUT2D eigenvalue weighted by Gasteiger charge is -2.11. The van der Waals surface area contributed by atoms with Crippen molar-refractivity contribution >= 4 is 39.2 Å². The van der Waals surface area contributed by atoms with E-state index in [9.17, 15) is 13.2 Å². The summed E-state index contributed by atoms with van der Waals surface area (Å²) in [6.45, 7) is 2.39. The monoisotopic (exact) mass is 459 g/mol. The van der Waals surface area contributed by atoms with Crippen LogP contribution in [0.5, 0.6) is 11.5 Å². The number of sulfonamides is 1. The van der Waals surface area contributed by atoms with Gasteiger partial charge in [-0.2, -0.15) is 5.10 Å². The predicted molar refractivity (Wildman–Crippen MR) is 121 cm³/mol. The van der Waals surface area contributed by atoms with Crippen molar-refractivity contribution < 1.29 is 22.7 Å². The molecule has 0 aliphatic heterocycles. The topological polar surface area (TPSA) is 106 Å². The summed E-state index contributed by atoms with van der Waals surface area (Å²) in [5.41, 5.74) is 3.40. The highest BCUT2D eigenvalue weighted by molar-refractivity contribution is 7.94. The fourth-order valence-electron chi connectivity index (χ4n) is 2.65. The Morgan fingerprint density at radius 2 is 1.94 bits per heavy atom. The van der Waals surface area contributed by atoms with Gasteiger partial charge in [-0.3, -0.25) is 9.52 Å². The highest BCUT2D eigenvalue weighted by atomic mass is 32.2. The molecule has 1 heterocycles. The molecule has 8 nitrogen and oxygen atoms in total. The molecule has 0 bridgehead atoms. The highest BCUT2D eigenvalue weighted by Crippen LogP contribution is 2.27. The first-order valence-corrected chi connectivity index (χ1v) is 11.6. The lowest BCUT2D eigenvalue weighted by molar-refractivity contribution is 0.0956. The van der Waals surface area contributed by atoms with Gasteiger partial charge in [-0.15, -0.1) is 11.3 Å². The van der Waals surface area contributed by atoms with Crippen LogP contribution in [0.1, 0.15) is 22.8 Å². The van der Waals surface area contributed by atoms with Gasteiger partial charge in [0, 0.05) is 0 Å². The minimum atomic E-state index is -3.78. The Morgan fingerprint density at radius 1 is 1.13 bits per heavy atom. The summed E-state index contributed by atoms with van der Waals surface area (Å²) in [7, 11) is -2.25. The second-order valence-corrected chi connectivity index (χ2v) is 8.98. The summed E-state index contributed by atoms with van der Waals surface area (Å²) in [5, 5.41) is 5.62. The normalized spacial score (nSPS) is 11.3. The number of amides is 1. The van der Waals surface area contributed by atoms with Crippen LogP contribution < -0.4 is 19.6 Å². The van der Waals surface area contributed by atoms with E-state index in [0.29, 0.717) is 23.7 Å². The largest absolute Gasteiger partial charge is 0.493 e. The average molecular weight is 460 g/mol. The smallest absolute Gasteiger partial charge is 0.273 e. The number of benzene rings is 2. The lowest BCUT2D eigenvalue weighted by atomic mass is 10.2. The van der Waals surface area contributed by atoms with Crippen molar-refractivity contribution in [2.24, 2.45) is 5.10 Å². The molecule has 10 heteroatoms. The summed E-state index contributed by atoms with van der Waals surface area (Å²) in [4.78, 5) is 12.6. The average Bonchev–Trinajstić information content (AvgIpc) is 3.31. The van der Waals surface area contributed by atoms with E-state index >= 15 is 0 Å². The number of thiophene rings is 1. The molecule has 0 radical (unpaired) electrons. The number of nitrogens with zero attached hydrogens (tertiary/aromatic N) is 1. The predicted octanol–water partition coefficient (Wildman–Crippen LogP) is 3.72. The quantitative estimate of drug-likeness (QED) is 0.375.